The zero-order valence-corrected chi connectivity index (χ0v) is 13.8. The standard InChI is InChI=1S/C12H22N4O2S2/c1-9-12(10(2)16(14-9)6-5-13)20(17,18)15(3)11-4-7-19-8-11/h11H,4-8,13H2,1-3H3. The SMILES string of the molecule is Cc1nn(CCN)c(C)c1S(=O)(=O)N(C)C1CCSC1. The topological polar surface area (TPSA) is 81.2 Å². The highest BCUT2D eigenvalue weighted by atomic mass is 32.2. The molecule has 0 aliphatic carbocycles. The van der Waals surface area contributed by atoms with Gasteiger partial charge in [0.25, 0.3) is 0 Å². The molecule has 1 aromatic rings. The Bertz CT molecular complexity index is 577. The van der Waals surface area contributed by atoms with Crippen molar-refractivity contribution in [3.63, 3.8) is 0 Å². The fourth-order valence-corrected chi connectivity index (χ4v) is 5.66. The molecule has 1 aliphatic heterocycles. The molecule has 0 bridgehead atoms. The van der Waals surface area contributed by atoms with Crippen LogP contribution in [0.3, 0.4) is 0 Å². The molecule has 0 saturated carbocycles. The predicted molar refractivity (Wildman–Crippen MR) is 81.4 cm³/mol. The smallest absolute Gasteiger partial charge is 0.246 e. The lowest BCUT2D eigenvalue weighted by atomic mass is 10.3. The van der Waals surface area contributed by atoms with Crippen LogP contribution in [-0.4, -0.2) is 53.6 Å². The van der Waals surface area contributed by atoms with E-state index in [1.54, 1.807) is 37.3 Å². The molecule has 2 heterocycles. The molecule has 0 radical (unpaired) electrons. The first-order chi connectivity index (χ1) is 9.39. The van der Waals surface area contributed by atoms with Crippen LogP contribution in [0.1, 0.15) is 17.8 Å². The third kappa shape index (κ3) is 2.74. The van der Waals surface area contributed by atoms with Gasteiger partial charge in [0.2, 0.25) is 10.0 Å². The molecule has 20 heavy (non-hydrogen) atoms. The molecule has 1 atom stereocenters. The van der Waals surface area contributed by atoms with Crippen molar-refractivity contribution in [2.45, 2.75) is 37.8 Å². The van der Waals surface area contributed by atoms with E-state index in [1.807, 2.05) is 0 Å². The van der Waals surface area contributed by atoms with Gasteiger partial charge in [0.05, 0.1) is 17.9 Å². The Labute approximate surface area is 124 Å². The lowest BCUT2D eigenvalue weighted by Crippen LogP contribution is -2.37. The van der Waals surface area contributed by atoms with Crippen LogP contribution in [0.5, 0.6) is 0 Å². The first-order valence-corrected chi connectivity index (χ1v) is 9.29. The lowest BCUT2D eigenvalue weighted by molar-refractivity contribution is 0.394. The summed E-state index contributed by atoms with van der Waals surface area (Å²) in [5, 5.41) is 4.30. The zero-order chi connectivity index (χ0) is 14.9. The van der Waals surface area contributed by atoms with Crippen LogP contribution in [0.25, 0.3) is 0 Å². The zero-order valence-electron chi connectivity index (χ0n) is 12.2. The summed E-state index contributed by atoms with van der Waals surface area (Å²) in [4.78, 5) is 0.338. The van der Waals surface area contributed by atoms with Crippen molar-refractivity contribution in [2.24, 2.45) is 5.73 Å². The van der Waals surface area contributed by atoms with Crippen molar-refractivity contribution < 1.29 is 8.42 Å². The quantitative estimate of drug-likeness (QED) is 0.859. The van der Waals surface area contributed by atoms with Gasteiger partial charge >= 0.3 is 0 Å². The molecular formula is C12H22N4O2S2. The lowest BCUT2D eigenvalue weighted by Gasteiger charge is -2.23. The predicted octanol–water partition coefficient (Wildman–Crippen LogP) is 0.585. The van der Waals surface area contributed by atoms with E-state index in [4.69, 9.17) is 5.73 Å². The van der Waals surface area contributed by atoms with Gasteiger partial charge in [0.1, 0.15) is 4.90 Å². The Kier molecular flexibility index (Phi) is 4.78. The van der Waals surface area contributed by atoms with E-state index >= 15 is 0 Å². The summed E-state index contributed by atoms with van der Waals surface area (Å²) in [5.41, 5.74) is 6.75. The van der Waals surface area contributed by atoms with Crippen molar-refractivity contribution in [3.8, 4) is 0 Å². The fourth-order valence-electron chi connectivity index (χ4n) is 2.54. The Morgan fingerprint density at radius 3 is 2.75 bits per heavy atom. The number of aryl methyl sites for hydroxylation is 1. The molecule has 8 heteroatoms. The number of nitrogens with zero attached hydrogens (tertiary/aromatic N) is 3. The fraction of sp³-hybridized carbons (Fsp3) is 0.750. The van der Waals surface area contributed by atoms with Crippen LogP contribution >= 0.6 is 11.8 Å². The number of hydrogen-bond acceptors (Lipinski definition) is 5. The minimum absolute atomic E-state index is 0.0849. The Balaban J connectivity index is 2.38. The summed E-state index contributed by atoms with van der Waals surface area (Å²) in [6, 6.07) is 0.0849. The van der Waals surface area contributed by atoms with Crippen LogP contribution in [0.15, 0.2) is 4.90 Å². The van der Waals surface area contributed by atoms with Gasteiger partial charge in [-0.05, 0) is 26.0 Å². The number of hydrogen-bond donors (Lipinski definition) is 1. The van der Waals surface area contributed by atoms with Crippen molar-refractivity contribution in [1.82, 2.24) is 14.1 Å². The van der Waals surface area contributed by atoms with Crippen LogP contribution < -0.4 is 5.73 Å². The van der Waals surface area contributed by atoms with Crippen molar-refractivity contribution in [1.29, 1.82) is 0 Å². The number of sulfonamides is 1. The Hall–Kier alpha value is -0.570. The van der Waals surface area contributed by atoms with E-state index < -0.39 is 10.0 Å². The van der Waals surface area contributed by atoms with Gasteiger partial charge in [-0.15, -0.1) is 0 Å². The van der Waals surface area contributed by atoms with Crippen molar-refractivity contribution in [2.75, 3.05) is 25.1 Å². The minimum Gasteiger partial charge on any atom is -0.329 e. The van der Waals surface area contributed by atoms with Crippen LogP contribution in [0.4, 0.5) is 0 Å². The number of aromatic nitrogens is 2. The summed E-state index contributed by atoms with van der Waals surface area (Å²) >= 11 is 1.80. The molecule has 1 unspecified atom stereocenters. The molecule has 0 amide bonds. The molecule has 1 aromatic heterocycles. The van der Waals surface area contributed by atoms with Crippen LogP contribution in [-0.2, 0) is 16.6 Å². The summed E-state index contributed by atoms with van der Waals surface area (Å²) in [7, 11) is -1.81. The van der Waals surface area contributed by atoms with E-state index in [-0.39, 0.29) is 6.04 Å². The first-order valence-electron chi connectivity index (χ1n) is 6.69. The highest BCUT2D eigenvalue weighted by Crippen LogP contribution is 2.29. The van der Waals surface area contributed by atoms with Gasteiger partial charge in [-0.2, -0.15) is 21.2 Å². The second-order valence-electron chi connectivity index (χ2n) is 5.05. The van der Waals surface area contributed by atoms with Crippen LogP contribution in [0, 0.1) is 13.8 Å². The third-order valence-electron chi connectivity index (χ3n) is 3.71. The van der Waals surface area contributed by atoms with Gasteiger partial charge in [0.15, 0.2) is 0 Å². The van der Waals surface area contributed by atoms with E-state index in [0.717, 1.165) is 17.9 Å². The highest BCUT2D eigenvalue weighted by Gasteiger charge is 2.34. The molecule has 0 aromatic carbocycles. The maximum absolute atomic E-state index is 12.8. The van der Waals surface area contributed by atoms with E-state index in [9.17, 15) is 8.42 Å². The summed E-state index contributed by atoms with van der Waals surface area (Å²) in [6.07, 6.45) is 0.912. The van der Waals surface area contributed by atoms with E-state index in [0.29, 0.717) is 29.4 Å². The third-order valence-corrected chi connectivity index (χ3v) is 7.02. The summed E-state index contributed by atoms with van der Waals surface area (Å²) in [5.74, 6) is 1.89. The Morgan fingerprint density at radius 2 is 2.20 bits per heavy atom. The molecule has 1 saturated heterocycles. The van der Waals surface area contributed by atoms with Gasteiger partial charge in [-0.1, -0.05) is 0 Å². The van der Waals surface area contributed by atoms with Gasteiger partial charge < -0.3 is 5.73 Å². The molecule has 1 fully saturated rings. The van der Waals surface area contributed by atoms with E-state index in [1.165, 1.54) is 4.31 Å². The molecule has 114 valence electrons. The first kappa shape index (κ1) is 15.8. The Morgan fingerprint density at radius 1 is 1.50 bits per heavy atom. The summed E-state index contributed by atoms with van der Waals surface area (Å²) < 4.78 is 28.8. The maximum atomic E-state index is 12.8. The molecule has 2 N–H and O–H groups in total. The average molecular weight is 318 g/mol. The van der Waals surface area contributed by atoms with Gasteiger partial charge in [-0.3, -0.25) is 4.68 Å². The van der Waals surface area contributed by atoms with E-state index in [2.05, 4.69) is 5.10 Å². The monoisotopic (exact) mass is 318 g/mol. The highest BCUT2D eigenvalue weighted by molar-refractivity contribution is 7.99. The van der Waals surface area contributed by atoms with Gasteiger partial charge in [0, 0.05) is 25.4 Å². The number of thioether (sulfide) groups is 1. The second-order valence-corrected chi connectivity index (χ2v) is 8.13. The number of rotatable bonds is 5. The van der Waals surface area contributed by atoms with Crippen molar-refractivity contribution in [3.05, 3.63) is 11.4 Å². The maximum Gasteiger partial charge on any atom is 0.246 e. The minimum atomic E-state index is -3.49. The molecule has 0 spiro atoms. The normalized spacial score (nSPS) is 19.9. The number of nitrogens with two attached hydrogens (primary N) is 1. The van der Waals surface area contributed by atoms with Crippen molar-refractivity contribution >= 4 is 21.8 Å². The summed E-state index contributed by atoms with van der Waals surface area (Å²) in [6.45, 7) is 4.51. The molecule has 6 nitrogen and oxygen atoms in total. The molecule has 1 aliphatic rings. The second kappa shape index (κ2) is 6.05. The molecule has 2 rings (SSSR count). The largest absolute Gasteiger partial charge is 0.329 e. The van der Waals surface area contributed by atoms with Crippen LogP contribution in [0.2, 0.25) is 0 Å². The molecular weight excluding hydrogens is 296 g/mol. The van der Waals surface area contributed by atoms with Gasteiger partial charge in [-0.25, -0.2) is 8.42 Å². The average Bonchev–Trinajstić information content (AvgIpc) is 2.98.